The van der Waals surface area contributed by atoms with E-state index in [4.69, 9.17) is 9.47 Å². The fourth-order valence-corrected chi connectivity index (χ4v) is 0.897. The summed E-state index contributed by atoms with van der Waals surface area (Å²) in [7, 11) is 3.01. The van der Waals surface area contributed by atoms with Crippen molar-refractivity contribution in [3.63, 3.8) is 0 Å². The number of nitrogens with zero attached hydrogens (tertiary/aromatic N) is 1. The number of methoxy groups -OCH3 is 2. The summed E-state index contributed by atoms with van der Waals surface area (Å²) < 4.78 is 9.64. The Bertz CT molecular complexity index is 299. The minimum absolute atomic E-state index is 0.0643. The molecule has 0 spiro atoms. The van der Waals surface area contributed by atoms with Crippen LogP contribution in [0.2, 0.25) is 0 Å². The molecular weight excluding hydrogens is 170 g/mol. The molecule has 0 saturated carbocycles. The molecule has 0 fully saturated rings. The largest absolute Gasteiger partial charge is 0.495 e. The second kappa shape index (κ2) is 4.57. The average molecular weight is 181 g/mol. The Labute approximate surface area is 76.5 Å². The minimum atomic E-state index is -0.103. The number of carbonyl (C=O) groups is 1. The van der Waals surface area contributed by atoms with Crippen molar-refractivity contribution in [2.24, 2.45) is 0 Å². The molecule has 0 aliphatic rings. The van der Waals surface area contributed by atoms with Gasteiger partial charge in [-0.3, -0.25) is 9.78 Å². The van der Waals surface area contributed by atoms with E-state index in [1.807, 2.05) is 0 Å². The first-order valence-electron chi connectivity index (χ1n) is 3.79. The maximum atomic E-state index is 11.3. The van der Waals surface area contributed by atoms with E-state index in [-0.39, 0.29) is 12.4 Å². The Balaban J connectivity index is 2.82. The second-order valence-corrected chi connectivity index (χ2v) is 2.47. The summed E-state index contributed by atoms with van der Waals surface area (Å²) in [5, 5.41) is 0. The van der Waals surface area contributed by atoms with Crippen molar-refractivity contribution < 1.29 is 14.3 Å². The van der Waals surface area contributed by atoms with Crippen molar-refractivity contribution >= 4 is 5.78 Å². The quantitative estimate of drug-likeness (QED) is 0.648. The van der Waals surface area contributed by atoms with E-state index in [1.165, 1.54) is 20.4 Å². The highest BCUT2D eigenvalue weighted by atomic mass is 16.5. The van der Waals surface area contributed by atoms with Gasteiger partial charge in [0, 0.05) is 18.9 Å². The molecule has 0 aliphatic heterocycles. The Morgan fingerprint density at radius 3 is 2.85 bits per heavy atom. The van der Waals surface area contributed by atoms with Crippen LogP contribution in [0.25, 0.3) is 0 Å². The first kappa shape index (κ1) is 9.67. The van der Waals surface area contributed by atoms with Crippen LogP contribution in [0, 0.1) is 0 Å². The molecule has 0 bridgehead atoms. The lowest BCUT2D eigenvalue weighted by molar-refractivity contribution is 0.0847. The van der Waals surface area contributed by atoms with E-state index in [0.717, 1.165) is 0 Å². The summed E-state index contributed by atoms with van der Waals surface area (Å²) in [5.41, 5.74) is 0.501. The van der Waals surface area contributed by atoms with Crippen LogP contribution < -0.4 is 4.74 Å². The van der Waals surface area contributed by atoms with Gasteiger partial charge < -0.3 is 9.47 Å². The lowest BCUT2D eigenvalue weighted by Crippen LogP contribution is -2.07. The number of hydrogen-bond donors (Lipinski definition) is 0. The van der Waals surface area contributed by atoms with Crippen LogP contribution in [0.15, 0.2) is 18.5 Å². The van der Waals surface area contributed by atoms with Gasteiger partial charge in [-0.25, -0.2) is 0 Å². The third-order valence-corrected chi connectivity index (χ3v) is 1.55. The number of rotatable bonds is 4. The van der Waals surface area contributed by atoms with Gasteiger partial charge in [-0.1, -0.05) is 0 Å². The second-order valence-electron chi connectivity index (χ2n) is 2.47. The summed E-state index contributed by atoms with van der Waals surface area (Å²) in [4.78, 5) is 15.1. The van der Waals surface area contributed by atoms with Gasteiger partial charge in [0.2, 0.25) is 0 Å². The van der Waals surface area contributed by atoms with Crippen molar-refractivity contribution in [2.45, 2.75) is 0 Å². The van der Waals surface area contributed by atoms with Gasteiger partial charge in [0.25, 0.3) is 0 Å². The van der Waals surface area contributed by atoms with Crippen molar-refractivity contribution in [3.8, 4) is 5.75 Å². The number of carbonyl (C=O) groups excluding carboxylic acids is 1. The zero-order valence-corrected chi connectivity index (χ0v) is 7.61. The van der Waals surface area contributed by atoms with Crippen LogP contribution in [-0.2, 0) is 4.74 Å². The number of pyridine rings is 1. The Morgan fingerprint density at radius 2 is 2.23 bits per heavy atom. The van der Waals surface area contributed by atoms with E-state index in [0.29, 0.717) is 11.3 Å². The summed E-state index contributed by atoms with van der Waals surface area (Å²) in [6, 6.07) is 1.63. The van der Waals surface area contributed by atoms with Crippen LogP contribution in [0.3, 0.4) is 0 Å². The van der Waals surface area contributed by atoms with Crippen LogP contribution >= 0.6 is 0 Å². The summed E-state index contributed by atoms with van der Waals surface area (Å²) in [5.74, 6) is 0.468. The lowest BCUT2D eigenvalue weighted by Gasteiger charge is -2.01. The Kier molecular flexibility index (Phi) is 3.40. The van der Waals surface area contributed by atoms with Gasteiger partial charge in [0.1, 0.15) is 12.4 Å². The molecule has 4 heteroatoms. The molecule has 70 valence electrons. The molecule has 4 nitrogen and oxygen atoms in total. The fraction of sp³-hybridized carbons (Fsp3) is 0.333. The van der Waals surface area contributed by atoms with Gasteiger partial charge in [0.15, 0.2) is 5.78 Å². The highest BCUT2D eigenvalue weighted by molar-refractivity contribution is 5.97. The first-order valence-corrected chi connectivity index (χ1v) is 3.79. The molecule has 0 atom stereocenters. The van der Waals surface area contributed by atoms with Crippen LogP contribution in [-0.4, -0.2) is 31.6 Å². The van der Waals surface area contributed by atoms with E-state index in [1.54, 1.807) is 12.3 Å². The highest BCUT2D eigenvalue weighted by Crippen LogP contribution is 2.10. The number of aromatic nitrogens is 1. The number of ether oxygens (including phenoxy) is 2. The molecular formula is C9H11NO3. The minimum Gasteiger partial charge on any atom is -0.495 e. The third-order valence-electron chi connectivity index (χ3n) is 1.55. The zero-order chi connectivity index (χ0) is 9.68. The van der Waals surface area contributed by atoms with Crippen molar-refractivity contribution in [3.05, 3.63) is 24.0 Å². The maximum absolute atomic E-state index is 11.3. The first-order chi connectivity index (χ1) is 6.27. The van der Waals surface area contributed by atoms with Gasteiger partial charge in [0.05, 0.1) is 13.3 Å². The molecule has 0 aliphatic carbocycles. The zero-order valence-electron chi connectivity index (χ0n) is 7.61. The van der Waals surface area contributed by atoms with E-state index >= 15 is 0 Å². The van der Waals surface area contributed by atoms with Gasteiger partial charge in [-0.2, -0.15) is 0 Å². The van der Waals surface area contributed by atoms with Crippen molar-refractivity contribution in [1.29, 1.82) is 0 Å². The highest BCUT2D eigenvalue weighted by Gasteiger charge is 2.06. The average Bonchev–Trinajstić information content (AvgIpc) is 2.18. The molecule has 0 N–H and O–H groups in total. The van der Waals surface area contributed by atoms with Gasteiger partial charge in [-0.05, 0) is 6.07 Å². The predicted octanol–water partition coefficient (Wildman–Crippen LogP) is 0.919. The number of ketones is 1. The SMILES string of the molecule is COCC(=O)c1cncc(OC)c1. The maximum Gasteiger partial charge on any atom is 0.190 e. The van der Waals surface area contributed by atoms with E-state index < -0.39 is 0 Å². The fourth-order valence-electron chi connectivity index (χ4n) is 0.897. The van der Waals surface area contributed by atoms with Gasteiger partial charge in [-0.15, -0.1) is 0 Å². The predicted molar refractivity (Wildman–Crippen MR) is 47.0 cm³/mol. The molecule has 0 aromatic carbocycles. The molecule has 1 aromatic heterocycles. The third kappa shape index (κ3) is 2.52. The van der Waals surface area contributed by atoms with Crippen LogP contribution in [0.1, 0.15) is 10.4 Å². The van der Waals surface area contributed by atoms with Crippen molar-refractivity contribution in [2.75, 3.05) is 20.8 Å². The van der Waals surface area contributed by atoms with E-state index in [2.05, 4.69) is 4.98 Å². The molecule has 1 aromatic rings. The smallest absolute Gasteiger partial charge is 0.190 e. The normalized spacial score (nSPS) is 9.69. The van der Waals surface area contributed by atoms with Crippen LogP contribution in [0.5, 0.6) is 5.75 Å². The molecule has 0 unspecified atom stereocenters. The standard InChI is InChI=1S/C9H11NO3/c1-12-6-9(11)7-3-8(13-2)5-10-4-7/h3-5H,6H2,1-2H3. The molecule has 0 radical (unpaired) electrons. The van der Waals surface area contributed by atoms with E-state index in [9.17, 15) is 4.79 Å². The Hall–Kier alpha value is -1.42. The summed E-state index contributed by atoms with van der Waals surface area (Å²) >= 11 is 0. The van der Waals surface area contributed by atoms with Crippen molar-refractivity contribution in [1.82, 2.24) is 4.98 Å². The lowest BCUT2D eigenvalue weighted by atomic mass is 10.2. The van der Waals surface area contributed by atoms with Crippen LogP contribution in [0.4, 0.5) is 0 Å². The molecule has 0 amide bonds. The molecule has 1 rings (SSSR count). The number of hydrogen-bond acceptors (Lipinski definition) is 4. The topological polar surface area (TPSA) is 48.4 Å². The summed E-state index contributed by atoms with van der Waals surface area (Å²) in [6.07, 6.45) is 3.04. The van der Waals surface area contributed by atoms with Gasteiger partial charge >= 0.3 is 0 Å². The monoisotopic (exact) mass is 181 g/mol. The molecule has 0 saturated heterocycles. The summed E-state index contributed by atoms with van der Waals surface area (Å²) in [6.45, 7) is 0.0643. The molecule has 13 heavy (non-hydrogen) atoms. The Morgan fingerprint density at radius 1 is 1.46 bits per heavy atom. The number of Topliss-reactive ketones (excluding diaryl/α,β-unsaturated/α-hetero) is 1. The molecule has 1 heterocycles.